The van der Waals surface area contributed by atoms with E-state index >= 15 is 0 Å². The second-order valence-electron chi connectivity index (χ2n) is 3.39. The average Bonchev–Trinajstić information content (AvgIpc) is 2.16. The Hall–Kier alpha value is -1.09. The van der Waals surface area contributed by atoms with Crippen molar-refractivity contribution in [3.8, 4) is 5.75 Å². The van der Waals surface area contributed by atoms with Crippen LogP contribution in [0.15, 0.2) is 18.3 Å². The molecule has 1 unspecified atom stereocenters. The molecule has 0 aliphatic heterocycles. The van der Waals surface area contributed by atoms with Gasteiger partial charge in [-0.15, -0.1) is 0 Å². The first kappa shape index (κ1) is 9.99. The van der Waals surface area contributed by atoms with E-state index in [0.717, 1.165) is 11.4 Å². The third kappa shape index (κ3) is 2.42. The van der Waals surface area contributed by atoms with Gasteiger partial charge in [0.2, 0.25) is 0 Å². The lowest BCUT2D eigenvalue weighted by atomic mass is 10.0. The van der Waals surface area contributed by atoms with Crippen molar-refractivity contribution in [1.29, 1.82) is 0 Å². The summed E-state index contributed by atoms with van der Waals surface area (Å²) in [6.45, 7) is 4.15. The first-order valence-electron chi connectivity index (χ1n) is 4.40. The Labute approximate surface area is 78.9 Å². The van der Waals surface area contributed by atoms with E-state index in [9.17, 15) is 0 Å². The maximum absolute atomic E-state index is 5.94. The average molecular weight is 180 g/mol. The third-order valence-electron chi connectivity index (χ3n) is 2.05. The lowest BCUT2D eigenvalue weighted by Gasteiger charge is -2.15. The van der Waals surface area contributed by atoms with Gasteiger partial charge >= 0.3 is 0 Å². The van der Waals surface area contributed by atoms with E-state index in [1.54, 1.807) is 13.3 Å². The Bertz CT molecular complexity index is 273. The highest BCUT2D eigenvalue weighted by Crippen LogP contribution is 2.20. The Morgan fingerprint density at radius 3 is 2.69 bits per heavy atom. The van der Waals surface area contributed by atoms with Crippen LogP contribution in [0.1, 0.15) is 25.6 Å². The summed E-state index contributed by atoms with van der Waals surface area (Å²) >= 11 is 0. The van der Waals surface area contributed by atoms with Crippen molar-refractivity contribution >= 4 is 0 Å². The molecule has 72 valence electrons. The van der Waals surface area contributed by atoms with Crippen molar-refractivity contribution < 1.29 is 4.74 Å². The van der Waals surface area contributed by atoms with E-state index < -0.39 is 0 Å². The number of methoxy groups -OCH3 is 1. The standard InChI is InChI=1S/C10H16N2O/c1-7(2)10(11)9-6-8(13-3)4-5-12-9/h4-7,10H,11H2,1-3H3. The topological polar surface area (TPSA) is 48.1 Å². The Balaban J connectivity index is 2.88. The van der Waals surface area contributed by atoms with Crippen molar-refractivity contribution in [2.75, 3.05) is 7.11 Å². The van der Waals surface area contributed by atoms with Crippen LogP contribution in [0.5, 0.6) is 5.75 Å². The van der Waals surface area contributed by atoms with Gasteiger partial charge in [0.1, 0.15) is 5.75 Å². The molecule has 0 radical (unpaired) electrons. The summed E-state index contributed by atoms with van der Waals surface area (Å²) in [6, 6.07) is 3.68. The zero-order valence-electron chi connectivity index (χ0n) is 8.32. The lowest BCUT2D eigenvalue weighted by Crippen LogP contribution is -2.17. The molecule has 0 amide bonds. The molecule has 2 N–H and O–H groups in total. The molecule has 3 nitrogen and oxygen atoms in total. The highest BCUT2D eigenvalue weighted by molar-refractivity contribution is 5.24. The zero-order chi connectivity index (χ0) is 9.84. The molecule has 1 rings (SSSR count). The number of pyridine rings is 1. The van der Waals surface area contributed by atoms with Gasteiger partial charge in [0.05, 0.1) is 12.8 Å². The van der Waals surface area contributed by atoms with Crippen LogP contribution >= 0.6 is 0 Å². The predicted octanol–water partition coefficient (Wildman–Crippen LogP) is 1.75. The van der Waals surface area contributed by atoms with Crippen LogP contribution in [0, 0.1) is 5.92 Å². The van der Waals surface area contributed by atoms with Crippen LogP contribution in [0.2, 0.25) is 0 Å². The van der Waals surface area contributed by atoms with E-state index in [0.29, 0.717) is 5.92 Å². The molecule has 0 saturated heterocycles. The fourth-order valence-corrected chi connectivity index (χ4v) is 1.08. The first-order valence-corrected chi connectivity index (χ1v) is 4.40. The number of hydrogen-bond donors (Lipinski definition) is 1. The first-order chi connectivity index (χ1) is 6.15. The van der Waals surface area contributed by atoms with Gasteiger partial charge in [0.25, 0.3) is 0 Å². The van der Waals surface area contributed by atoms with Gasteiger partial charge in [-0.2, -0.15) is 0 Å². The molecule has 1 heterocycles. The minimum absolute atomic E-state index is 0.0184. The lowest BCUT2D eigenvalue weighted by molar-refractivity contribution is 0.411. The summed E-state index contributed by atoms with van der Waals surface area (Å²) in [5.41, 5.74) is 6.83. The Morgan fingerprint density at radius 1 is 1.46 bits per heavy atom. The van der Waals surface area contributed by atoms with E-state index in [4.69, 9.17) is 10.5 Å². The van der Waals surface area contributed by atoms with E-state index in [2.05, 4.69) is 18.8 Å². The molecule has 0 bridgehead atoms. The number of nitrogens with two attached hydrogens (primary N) is 1. The van der Waals surface area contributed by atoms with Gasteiger partial charge in [0.15, 0.2) is 0 Å². The highest BCUT2D eigenvalue weighted by Gasteiger charge is 2.11. The van der Waals surface area contributed by atoms with Crippen LogP contribution < -0.4 is 10.5 Å². The van der Waals surface area contributed by atoms with Crippen LogP contribution in [-0.2, 0) is 0 Å². The van der Waals surface area contributed by atoms with E-state index in [-0.39, 0.29) is 6.04 Å². The maximum Gasteiger partial charge on any atom is 0.122 e. The molecule has 3 heteroatoms. The fraction of sp³-hybridized carbons (Fsp3) is 0.500. The van der Waals surface area contributed by atoms with Crippen LogP contribution in [0.3, 0.4) is 0 Å². The van der Waals surface area contributed by atoms with Crippen molar-refractivity contribution in [3.05, 3.63) is 24.0 Å². The van der Waals surface area contributed by atoms with Crippen LogP contribution in [0.25, 0.3) is 0 Å². The monoisotopic (exact) mass is 180 g/mol. The van der Waals surface area contributed by atoms with E-state index in [1.165, 1.54) is 0 Å². The van der Waals surface area contributed by atoms with Gasteiger partial charge in [-0.05, 0) is 12.0 Å². The van der Waals surface area contributed by atoms with Gasteiger partial charge in [0, 0.05) is 18.3 Å². The molecule has 0 saturated carbocycles. The number of ether oxygens (including phenoxy) is 1. The molecule has 1 atom stereocenters. The summed E-state index contributed by atoms with van der Waals surface area (Å²) in [7, 11) is 1.64. The summed E-state index contributed by atoms with van der Waals surface area (Å²) in [6.07, 6.45) is 1.72. The molecule has 0 aliphatic carbocycles. The Kier molecular flexibility index (Phi) is 3.25. The third-order valence-corrected chi connectivity index (χ3v) is 2.05. The van der Waals surface area contributed by atoms with Crippen LogP contribution in [0.4, 0.5) is 0 Å². The number of rotatable bonds is 3. The summed E-state index contributed by atoms with van der Waals surface area (Å²) in [5.74, 6) is 1.20. The summed E-state index contributed by atoms with van der Waals surface area (Å²) < 4.78 is 5.09. The Morgan fingerprint density at radius 2 is 2.15 bits per heavy atom. The molecule has 0 spiro atoms. The van der Waals surface area contributed by atoms with Crippen LogP contribution in [-0.4, -0.2) is 12.1 Å². The fourth-order valence-electron chi connectivity index (χ4n) is 1.08. The molecule has 0 fully saturated rings. The van der Waals surface area contributed by atoms with Crippen molar-refractivity contribution in [3.63, 3.8) is 0 Å². The van der Waals surface area contributed by atoms with Crippen molar-refractivity contribution in [2.45, 2.75) is 19.9 Å². The van der Waals surface area contributed by atoms with Crippen molar-refractivity contribution in [1.82, 2.24) is 4.98 Å². The minimum atomic E-state index is -0.0184. The molecule has 13 heavy (non-hydrogen) atoms. The zero-order valence-corrected chi connectivity index (χ0v) is 8.32. The van der Waals surface area contributed by atoms with Gasteiger partial charge in [-0.1, -0.05) is 13.8 Å². The van der Waals surface area contributed by atoms with Gasteiger partial charge < -0.3 is 10.5 Å². The van der Waals surface area contributed by atoms with Crippen molar-refractivity contribution in [2.24, 2.45) is 11.7 Å². The molecular weight excluding hydrogens is 164 g/mol. The molecule has 1 aromatic heterocycles. The largest absolute Gasteiger partial charge is 0.497 e. The number of aromatic nitrogens is 1. The molecular formula is C10H16N2O. The second kappa shape index (κ2) is 4.23. The predicted molar refractivity (Wildman–Crippen MR) is 52.6 cm³/mol. The molecule has 0 aromatic carbocycles. The molecule has 0 aliphatic rings. The van der Waals surface area contributed by atoms with Gasteiger partial charge in [-0.25, -0.2) is 0 Å². The highest BCUT2D eigenvalue weighted by atomic mass is 16.5. The minimum Gasteiger partial charge on any atom is -0.497 e. The SMILES string of the molecule is COc1ccnc(C(N)C(C)C)c1. The quantitative estimate of drug-likeness (QED) is 0.770. The van der Waals surface area contributed by atoms with E-state index in [1.807, 2.05) is 12.1 Å². The smallest absolute Gasteiger partial charge is 0.122 e. The normalized spacial score (nSPS) is 13.0. The molecule has 1 aromatic rings. The summed E-state index contributed by atoms with van der Waals surface area (Å²) in [4.78, 5) is 4.20. The number of hydrogen-bond acceptors (Lipinski definition) is 3. The second-order valence-corrected chi connectivity index (χ2v) is 3.39. The number of nitrogens with zero attached hydrogens (tertiary/aromatic N) is 1. The van der Waals surface area contributed by atoms with Gasteiger partial charge in [-0.3, -0.25) is 4.98 Å². The maximum atomic E-state index is 5.94. The summed E-state index contributed by atoms with van der Waals surface area (Å²) in [5, 5.41) is 0.